The van der Waals surface area contributed by atoms with Gasteiger partial charge < -0.3 is 0 Å². The first kappa shape index (κ1) is 8.00. The Bertz CT molecular complexity index is 42.8. The van der Waals surface area contributed by atoms with Gasteiger partial charge in [-0.05, 0) is 12.3 Å². The van der Waals surface area contributed by atoms with Crippen LogP contribution in [0.2, 0.25) is 0 Å². The molecule has 0 heterocycles. The highest BCUT2D eigenvalue weighted by molar-refractivity contribution is 4.76. The van der Waals surface area contributed by atoms with Crippen molar-refractivity contribution in [3.05, 3.63) is 6.92 Å². The van der Waals surface area contributed by atoms with E-state index in [0.29, 0.717) is 5.41 Å². The van der Waals surface area contributed by atoms with E-state index in [1.165, 1.54) is 19.3 Å². The van der Waals surface area contributed by atoms with E-state index in [-0.39, 0.29) is 0 Å². The first-order valence-corrected chi connectivity index (χ1v) is 3.54. The molecule has 0 amide bonds. The Morgan fingerprint density at radius 3 is 1.25 bits per heavy atom. The van der Waals surface area contributed by atoms with Gasteiger partial charge in [-0.25, -0.2) is 0 Å². The van der Waals surface area contributed by atoms with Crippen molar-refractivity contribution >= 4 is 0 Å². The van der Waals surface area contributed by atoms with Crippen LogP contribution in [0.15, 0.2) is 0 Å². The standard InChI is InChI=1S/C8H17/c1-5-8(4,6-2)7-3/h4-7H2,1-3H3. The molecule has 0 unspecified atom stereocenters. The second-order valence-corrected chi connectivity index (χ2v) is 2.56. The van der Waals surface area contributed by atoms with Crippen molar-refractivity contribution in [3.63, 3.8) is 0 Å². The molecule has 0 N–H and O–H groups in total. The third-order valence-corrected chi connectivity index (χ3v) is 2.25. The third-order valence-electron chi connectivity index (χ3n) is 2.25. The minimum Gasteiger partial charge on any atom is -0.0649 e. The van der Waals surface area contributed by atoms with Crippen LogP contribution in [0.1, 0.15) is 40.0 Å². The number of hydrogen-bond acceptors (Lipinski definition) is 0. The number of rotatable bonds is 3. The highest BCUT2D eigenvalue weighted by atomic mass is 14.2. The summed E-state index contributed by atoms with van der Waals surface area (Å²) in [5.74, 6) is 0. The van der Waals surface area contributed by atoms with Gasteiger partial charge in [-0.3, -0.25) is 0 Å². The monoisotopic (exact) mass is 113 g/mol. The van der Waals surface area contributed by atoms with Gasteiger partial charge in [-0.15, -0.1) is 0 Å². The quantitative estimate of drug-likeness (QED) is 0.527. The average Bonchev–Trinajstić information content (AvgIpc) is 1.87. The van der Waals surface area contributed by atoms with Gasteiger partial charge in [0.2, 0.25) is 0 Å². The van der Waals surface area contributed by atoms with Gasteiger partial charge in [0.1, 0.15) is 0 Å². The average molecular weight is 113 g/mol. The first-order chi connectivity index (χ1) is 3.68. The van der Waals surface area contributed by atoms with Gasteiger partial charge in [-0.2, -0.15) is 0 Å². The topological polar surface area (TPSA) is 0 Å². The van der Waals surface area contributed by atoms with Gasteiger partial charge in [0.05, 0.1) is 0 Å². The third kappa shape index (κ3) is 1.85. The van der Waals surface area contributed by atoms with Crippen LogP contribution >= 0.6 is 0 Å². The minimum absolute atomic E-state index is 0.375. The summed E-state index contributed by atoms with van der Waals surface area (Å²) < 4.78 is 0. The van der Waals surface area contributed by atoms with E-state index in [2.05, 4.69) is 27.7 Å². The van der Waals surface area contributed by atoms with E-state index in [4.69, 9.17) is 0 Å². The zero-order chi connectivity index (χ0) is 6.62. The lowest BCUT2D eigenvalue weighted by Gasteiger charge is -2.23. The van der Waals surface area contributed by atoms with Crippen molar-refractivity contribution in [1.82, 2.24) is 0 Å². The molecule has 0 atom stereocenters. The van der Waals surface area contributed by atoms with Crippen LogP contribution in [0.3, 0.4) is 0 Å². The summed E-state index contributed by atoms with van der Waals surface area (Å²) in [7, 11) is 0. The van der Waals surface area contributed by atoms with Crippen LogP contribution < -0.4 is 0 Å². The fourth-order valence-corrected chi connectivity index (χ4v) is 0.750. The minimum atomic E-state index is 0.375. The molecule has 0 rings (SSSR count). The van der Waals surface area contributed by atoms with Crippen LogP contribution in [0.4, 0.5) is 0 Å². The molecular formula is C8H17. The fraction of sp³-hybridized carbons (Fsp3) is 0.875. The van der Waals surface area contributed by atoms with E-state index < -0.39 is 0 Å². The molecule has 0 saturated heterocycles. The molecule has 8 heavy (non-hydrogen) atoms. The fourth-order valence-electron chi connectivity index (χ4n) is 0.750. The molecule has 0 aliphatic carbocycles. The van der Waals surface area contributed by atoms with Gasteiger partial charge in [-0.1, -0.05) is 40.0 Å². The van der Waals surface area contributed by atoms with E-state index in [1.807, 2.05) is 0 Å². The Hall–Kier alpha value is 0. The Balaban J connectivity index is 3.58. The molecule has 0 aliphatic rings. The molecule has 49 valence electrons. The molecule has 0 aromatic carbocycles. The molecule has 0 saturated carbocycles. The van der Waals surface area contributed by atoms with Crippen molar-refractivity contribution < 1.29 is 0 Å². The van der Waals surface area contributed by atoms with Gasteiger partial charge >= 0.3 is 0 Å². The lowest BCUT2D eigenvalue weighted by atomic mass is 9.82. The highest BCUT2D eigenvalue weighted by Gasteiger charge is 2.15. The van der Waals surface area contributed by atoms with Crippen LogP contribution in [-0.2, 0) is 0 Å². The lowest BCUT2D eigenvalue weighted by molar-refractivity contribution is 0.335. The maximum absolute atomic E-state index is 4.12. The largest absolute Gasteiger partial charge is 0.0649 e. The Labute approximate surface area is 53.3 Å². The summed E-state index contributed by atoms with van der Waals surface area (Å²) in [4.78, 5) is 0. The summed E-state index contributed by atoms with van der Waals surface area (Å²) in [6, 6.07) is 0. The SMILES string of the molecule is [CH2]C(CC)(CC)CC. The Morgan fingerprint density at radius 1 is 1.00 bits per heavy atom. The molecule has 0 aliphatic heterocycles. The van der Waals surface area contributed by atoms with E-state index in [1.54, 1.807) is 0 Å². The molecule has 0 fully saturated rings. The Kier molecular flexibility index (Phi) is 3.11. The molecule has 1 radical (unpaired) electrons. The predicted octanol–water partition coefficient (Wildman–Crippen LogP) is 3.04. The summed E-state index contributed by atoms with van der Waals surface area (Å²) in [5, 5.41) is 0. The van der Waals surface area contributed by atoms with Gasteiger partial charge in [0.15, 0.2) is 0 Å². The highest BCUT2D eigenvalue weighted by Crippen LogP contribution is 2.27. The summed E-state index contributed by atoms with van der Waals surface area (Å²) in [5.41, 5.74) is 0.375. The molecule has 0 nitrogen and oxygen atoms in total. The second kappa shape index (κ2) is 3.11. The van der Waals surface area contributed by atoms with Crippen LogP contribution in [0.25, 0.3) is 0 Å². The number of hydrogen-bond donors (Lipinski definition) is 0. The molecule has 0 aromatic rings. The van der Waals surface area contributed by atoms with Crippen molar-refractivity contribution in [2.45, 2.75) is 40.0 Å². The molecule has 0 aromatic heterocycles. The van der Waals surface area contributed by atoms with Gasteiger partial charge in [0.25, 0.3) is 0 Å². The van der Waals surface area contributed by atoms with E-state index >= 15 is 0 Å². The van der Waals surface area contributed by atoms with Crippen molar-refractivity contribution in [2.75, 3.05) is 0 Å². The zero-order valence-electron chi connectivity index (χ0n) is 6.33. The maximum atomic E-state index is 4.12. The Morgan fingerprint density at radius 2 is 1.25 bits per heavy atom. The lowest BCUT2D eigenvalue weighted by Crippen LogP contribution is -2.11. The van der Waals surface area contributed by atoms with Crippen LogP contribution in [0, 0.1) is 12.3 Å². The normalized spacial score (nSPS) is 12.0. The zero-order valence-corrected chi connectivity index (χ0v) is 6.33. The first-order valence-electron chi connectivity index (χ1n) is 3.54. The molecule has 0 heteroatoms. The smallest absolute Gasteiger partial charge is 0.0305 e. The van der Waals surface area contributed by atoms with Crippen LogP contribution in [-0.4, -0.2) is 0 Å². The summed E-state index contributed by atoms with van der Waals surface area (Å²) in [6.45, 7) is 10.8. The van der Waals surface area contributed by atoms with Crippen LogP contribution in [0.5, 0.6) is 0 Å². The van der Waals surface area contributed by atoms with Crippen molar-refractivity contribution in [3.8, 4) is 0 Å². The van der Waals surface area contributed by atoms with E-state index in [9.17, 15) is 0 Å². The predicted molar refractivity (Wildman–Crippen MR) is 38.7 cm³/mol. The summed E-state index contributed by atoms with van der Waals surface area (Å²) in [6.07, 6.45) is 3.63. The van der Waals surface area contributed by atoms with Crippen molar-refractivity contribution in [2.24, 2.45) is 5.41 Å². The summed E-state index contributed by atoms with van der Waals surface area (Å²) >= 11 is 0. The molecule has 0 bridgehead atoms. The van der Waals surface area contributed by atoms with Crippen molar-refractivity contribution in [1.29, 1.82) is 0 Å². The molecular weight excluding hydrogens is 96.1 g/mol. The van der Waals surface area contributed by atoms with E-state index in [0.717, 1.165) is 0 Å². The maximum Gasteiger partial charge on any atom is -0.0305 e. The second-order valence-electron chi connectivity index (χ2n) is 2.56. The molecule has 0 spiro atoms. The van der Waals surface area contributed by atoms with Gasteiger partial charge in [0, 0.05) is 0 Å².